The van der Waals surface area contributed by atoms with Crippen LogP contribution in [-0.4, -0.2) is 28.9 Å². The maximum atomic E-state index is 14.6. The van der Waals surface area contributed by atoms with Gasteiger partial charge in [-0.3, -0.25) is 4.79 Å². The Kier molecular flexibility index (Phi) is 3.92. The largest absolute Gasteiger partial charge is 0.480 e. The molecule has 9 nitrogen and oxygen atoms in total. The van der Waals surface area contributed by atoms with E-state index in [1.165, 1.54) is 18.2 Å². The summed E-state index contributed by atoms with van der Waals surface area (Å²) < 4.78 is 45.5. The molecule has 1 amide bonds. The summed E-state index contributed by atoms with van der Waals surface area (Å²) in [5.41, 5.74) is 10.3. The van der Waals surface area contributed by atoms with Gasteiger partial charge in [0.2, 0.25) is 5.88 Å². The second kappa shape index (κ2) is 7.14. The number of anilines is 2. The van der Waals surface area contributed by atoms with Gasteiger partial charge in [-0.1, -0.05) is 0 Å². The molecule has 1 aliphatic heterocycles. The zero-order valence-corrected chi connectivity index (χ0v) is 15.0. The number of hydrogen-bond donors (Lipinski definition) is 3. The fourth-order valence-corrected chi connectivity index (χ4v) is 2.80. The van der Waals surface area contributed by atoms with Crippen molar-refractivity contribution in [2.24, 2.45) is 10.7 Å². The number of amidine groups is 1. The van der Waals surface area contributed by atoms with E-state index >= 15 is 0 Å². The molecule has 0 unspecified atom stereocenters. The topological polar surface area (TPSA) is 138 Å². The first-order chi connectivity index (χ1) is 14.4. The minimum absolute atomic E-state index is 0.112. The molecule has 0 saturated carbocycles. The highest BCUT2D eigenvalue weighted by Gasteiger charge is 2.31. The van der Waals surface area contributed by atoms with Gasteiger partial charge in [-0.2, -0.15) is 4.98 Å². The Bertz CT molecular complexity index is 1090. The molecular formula is C18H19FN6O3. The number of ether oxygens (including phenoxy) is 2. The first-order valence-corrected chi connectivity index (χ1v) is 8.02. The quantitative estimate of drug-likeness (QED) is 0.726. The van der Waals surface area contributed by atoms with Crippen LogP contribution < -0.4 is 21.5 Å². The zero-order chi connectivity index (χ0) is 23.0. The van der Waals surface area contributed by atoms with Gasteiger partial charge in [0, 0.05) is 11.3 Å². The van der Waals surface area contributed by atoms with Crippen LogP contribution in [0.15, 0.2) is 41.2 Å². The molecule has 28 heavy (non-hydrogen) atoms. The lowest BCUT2D eigenvalue weighted by Gasteiger charge is -2.27. The van der Waals surface area contributed by atoms with E-state index < -0.39 is 24.3 Å². The summed E-state index contributed by atoms with van der Waals surface area (Å²) in [5, 5.41) is 2.54. The Morgan fingerprint density at radius 1 is 1.43 bits per heavy atom. The molecule has 0 spiro atoms. The van der Waals surface area contributed by atoms with Crippen LogP contribution in [0.3, 0.4) is 0 Å². The number of nitrogens with two attached hydrogens (primary N) is 2. The van der Waals surface area contributed by atoms with Gasteiger partial charge < -0.3 is 26.3 Å². The van der Waals surface area contributed by atoms with Crippen LogP contribution >= 0.6 is 0 Å². The lowest BCUT2D eigenvalue weighted by molar-refractivity contribution is 0.102. The number of carbonyl (C=O) groups excluding carboxylic acids is 1. The fraction of sp³-hybridized carbons (Fsp3) is 0.222. The molecule has 0 saturated heterocycles. The minimum atomic E-state index is -2.74. The van der Waals surface area contributed by atoms with Gasteiger partial charge in [-0.25, -0.2) is 14.4 Å². The third-order valence-corrected chi connectivity index (χ3v) is 3.96. The number of halogens is 1. The molecule has 0 fully saturated rings. The molecule has 2 aromatic rings. The highest BCUT2D eigenvalue weighted by atomic mass is 19.1. The van der Waals surface area contributed by atoms with Crippen LogP contribution in [0.2, 0.25) is 0 Å². The van der Waals surface area contributed by atoms with E-state index in [2.05, 4.69) is 25.0 Å². The van der Waals surface area contributed by atoms with E-state index in [0.717, 1.165) is 6.20 Å². The van der Waals surface area contributed by atoms with Crippen molar-refractivity contribution in [1.82, 2.24) is 9.97 Å². The molecule has 1 atom stereocenters. The normalized spacial score (nSPS) is 20.6. The van der Waals surface area contributed by atoms with Crippen molar-refractivity contribution in [1.29, 1.82) is 0 Å². The molecule has 0 aliphatic carbocycles. The molecule has 2 heterocycles. The minimum Gasteiger partial charge on any atom is -0.480 e. The number of rotatable bonds is 4. The van der Waals surface area contributed by atoms with E-state index in [1.54, 1.807) is 19.9 Å². The van der Waals surface area contributed by atoms with E-state index in [-0.39, 0.29) is 34.7 Å². The monoisotopic (exact) mass is 389 g/mol. The molecule has 1 aromatic heterocycles. The number of benzene rings is 1. The van der Waals surface area contributed by atoms with Crippen molar-refractivity contribution in [2.45, 2.75) is 19.4 Å². The smallest absolute Gasteiger partial charge is 0.288 e. The van der Waals surface area contributed by atoms with Crippen LogP contribution in [0.1, 0.15) is 34.0 Å². The van der Waals surface area contributed by atoms with Gasteiger partial charge in [-0.05, 0) is 38.1 Å². The number of allylic oxidation sites excluding steroid dienone is 1. The van der Waals surface area contributed by atoms with Gasteiger partial charge in [0.05, 0.1) is 17.3 Å². The van der Waals surface area contributed by atoms with Crippen molar-refractivity contribution in [3.8, 4) is 5.88 Å². The Labute approximate surface area is 164 Å². The summed E-state index contributed by atoms with van der Waals surface area (Å²) in [5.74, 6) is -1.55. The number of aromatic nitrogens is 2. The summed E-state index contributed by atoms with van der Waals surface area (Å²) in [6.07, 6.45) is 2.56. The first kappa shape index (κ1) is 15.4. The van der Waals surface area contributed by atoms with Gasteiger partial charge in [0.25, 0.3) is 11.9 Å². The predicted molar refractivity (Wildman–Crippen MR) is 101 cm³/mol. The molecule has 146 valence electrons. The Morgan fingerprint density at radius 2 is 2.21 bits per heavy atom. The summed E-state index contributed by atoms with van der Waals surface area (Å²) >= 11 is 0. The third kappa shape index (κ3) is 3.70. The molecule has 1 aliphatic rings. The molecule has 3 rings (SSSR count). The van der Waals surface area contributed by atoms with Gasteiger partial charge >= 0.3 is 0 Å². The predicted octanol–water partition coefficient (Wildman–Crippen LogP) is 1.92. The maximum Gasteiger partial charge on any atom is 0.288 e. The molecule has 0 radical (unpaired) electrons. The van der Waals surface area contributed by atoms with Crippen molar-refractivity contribution in [3.05, 3.63) is 53.3 Å². The van der Waals surface area contributed by atoms with Crippen LogP contribution in [-0.2, 0) is 10.3 Å². The Hall–Kier alpha value is -3.69. The average molecular weight is 389 g/mol. The lowest BCUT2D eigenvalue weighted by Crippen LogP contribution is -2.30. The summed E-state index contributed by atoms with van der Waals surface area (Å²) in [4.78, 5) is 24.3. The van der Waals surface area contributed by atoms with E-state index in [1.807, 2.05) is 0 Å². The number of hydrogen-bond acceptors (Lipinski definition) is 8. The van der Waals surface area contributed by atoms with Crippen LogP contribution in [0.25, 0.3) is 0 Å². The van der Waals surface area contributed by atoms with Gasteiger partial charge in [0.1, 0.15) is 17.1 Å². The van der Waals surface area contributed by atoms with Crippen molar-refractivity contribution >= 4 is 23.4 Å². The first-order valence-electron chi connectivity index (χ1n) is 9.52. The SMILES string of the molecule is [2H]C([2H])([2H])Oc1cnc(C(=O)Nc2ccc(F)c([C@]3(C)C=C(C)OC(N)=N3)c2)c(N)n1. The summed E-state index contributed by atoms with van der Waals surface area (Å²) in [7, 11) is -2.74. The number of nitrogens with zero attached hydrogens (tertiary/aromatic N) is 3. The van der Waals surface area contributed by atoms with Crippen molar-refractivity contribution in [2.75, 3.05) is 18.1 Å². The standard InChI is InChI=1S/C18H19FN6O3/c1-9-7-18(2,25-17(21)28-9)11-6-10(4-5-12(11)19)23-16(26)14-15(20)24-13(27-3)8-22-14/h4-8H,1-3H3,(H2,20,24)(H2,21,25)(H,23,26)/t18-/m0/s1/i3D3. The van der Waals surface area contributed by atoms with Crippen molar-refractivity contribution in [3.63, 3.8) is 0 Å². The van der Waals surface area contributed by atoms with Crippen LogP contribution in [0, 0.1) is 5.82 Å². The number of nitrogens with one attached hydrogen (secondary N) is 1. The molecular weight excluding hydrogens is 367 g/mol. The van der Waals surface area contributed by atoms with Crippen LogP contribution in [0.5, 0.6) is 5.88 Å². The summed E-state index contributed by atoms with van der Waals surface area (Å²) in [6, 6.07) is 3.80. The Morgan fingerprint density at radius 3 is 2.89 bits per heavy atom. The molecule has 1 aromatic carbocycles. The number of aliphatic imine (C=N–C) groups is 1. The maximum absolute atomic E-state index is 14.6. The fourth-order valence-electron chi connectivity index (χ4n) is 2.80. The Balaban J connectivity index is 1.87. The number of amides is 1. The highest BCUT2D eigenvalue weighted by molar-refractivity contribution is 6.05. The number of nitrogen functional groups attached to an aromatic ring is 1. The van der Waals surface area contributed by atoms with Gasteiger partial charge in [0.15, 0.2) is 11.5 Å². The second-order valence-electron chi connectivity index (χ2n) is 6.15. The van der Waals surface area contributed by atoms with E-state index in [9.17, 15) is 9.18 Å². The average Bonchev–Trinajstić information content (AvgIpc) is 2.60. The van der Waals surface area contributed by atoms with Crippen LogP contribution in [0.4, 0.5) is 15.9 Å². The van der Waals surface area contributed by atoms with E-state index in [4.69, 9.17) is 20.3 Å². The van der Waals surface area contributed by atoms with Gasteiger partial charge in [-0.15, -0.1) is 0 Å². The lowest BCUT2D eigenvalue weighted by atomic mass is 9.90. The highest BCUT2D eigenvalue weighted by Crippen LogP contribution is 2.34. The second-order valence-corrected chi connectivity index (χ2v) is 6.15. The molecule has 10 heteroatoms. The third-order valence-electron chi connectivity index (χ3n) is 3.96. The van der Waals surface area contributed by atoms with E-state index in [0.29, 0.717) is 5.76 Å². The number of carbonyl (C=O) groups is 1. The van der Waals surface area contributed by atoms with Crippen molar-refractivity contribution < 1.29 is 22.8 Å². The molecule has 0 bridgehead atoms. The number of methoxy groups -OCH3 is 1. The molecule has 5 N–H and O–H groups in total. The zero-order valence-electron chi connectivity index (χ0n) is 18.0. The summed E-state index contributed by atoms with van der Waals surface area (Å²) in [6.45, 7) is 3.30.